The van der Waals surface area contributed by atoms with Crippen molar-refractivity contribution in [3.63, 3.8) is 0 Å². The van der Waals surface area contributed by atoms with Crippen molar-refractivity contribution in [2.45, 2.75) is 6.92 Å². The normalized spacial score (nSPS) is 15.2. The van der Waals surface area contributed by atoms with Crippen LogP contribution in [0.5, 0.6) is 0 Å². The molecule has 144 valence electrons. The molecule has 0 saturated carbocycles. The monoisotopic (exact) mass is 400 g/mol. The number of anilines is 1. The summed E-state index contributed by atoms with van der Waals surface area (Å²) in [5.74, 6) is -1.29. The summed E-state index contributed by atoms with van der Waals surface area (Å²) in [7, 11) is 1.30. The number of imide groups is 1. The Morgan fingerprint density at radius 2 is 1.93 bits per heavy atom. The third-order valence-electron chi connectivity index (χ3n) is 4.13. The summed E-state index contributed by atoms with van der Waals surface area (Å²) in [5.41, 5.74) is 2.38. The molecule has 1 aliphatic heterocycles. The van der Waals surface area contributed by atoms with Gasteiger partial charge in [-0.1, -0.05) is 18.2 Å². The molecule has 1 heterocycles. The van der Waals surface area contributed by atoms with E-state index in [0.717, 1.165) is 22.2 Å². The van der Waals surface area contributed by atoms with Crippen LogP contribution in [-0.4, -0.2) is 35.8 Å². The Kier molecular flexibility index (Phi) is 5.79. The van der Waals surface area contributed by atoms with Crippen LogP contribution >= 0.6 is 11.8 Å². The van der Waals surface area contributed by atoms with Crippen LogP contribution in [0.2, 0.25) is 0 Å². The van der Waals surface area contributed by atoms with Crippen LogP contribution < -0.4 is 5.32 Å². The SMILES string of the molecule is COC(=O)c1ccc(C=C2SC(=O)N(CNc3cc(F)ccc3C)C2=O)cc1. The summed E-state index contributed by atoms with van der Waals surface area (Å²) < 4.78 is 18.0. The van der Waals surface area contributed by atoms with E-state index in [0.29, 0.717) is 16.8 Å². The lowest BCUT2D eigenvalue weighted by Gasteiger charge is -2.16. The third kappa shape index (κ3) is 4.23. The number of nitrogens with one attached hydrogen (secondary N) is 1. The molecule has 6 nitrogen and oxygen atoms in total. The molecular formula is C20H17FN2O4S. The number of rotatable bonds is 5. The zero-order valence-electron chi connectivity index (χ0n) is 15.2. The Labute approximate surface area is 165 Å². The van der Waals surface area contributed by atoms with E-state index in [1.807, 2.05) is 0 Å². The molecule has 0 atom stereocenters. The molecule has 2 aromatic carbocycles. The van der Waals surface area contributed by atoms with E-state index < -0.39 is 22.9 Å². The van der Waals surface area contributed by atoms with Crippen LogP contribution in [0.15, 0.2) is 47.4 Å². The number of carbonyl (C=O) groups is 3. The number of methoxy groups -OCH3 is 1. The number of thioether (sulfide) groups is 1. The number of halogens is 1. The lowest BCUT2D eigenvalue weighted by Crippen LogP contribution is -2.33. The molecule has 0 radical (unpaired) electrons. The van der Waals surface area contributed by atoms with Crippen molar-refractivity contribution >= 4 is 40.6 Å². The highest BCUT2D eigenvalue weighted by Gasteiger charge is 2.34. The van der Waals surface area contributed by atoms with E-state index >= 15 is 0 Å². The fraction of sp³-hybridized carbons (Fsp3) is 0.150. The van der Waals surface area contributed by atoms with Crippen LogP contribution in [0.4, 0.5) is 14.9 Å². The molecule has 1 saturated heterocycles. The van der Waals surface area contributed by atoms with Crippen molar-refractivity contribution in [1.82, 2.24) is 4.90 Å². The number of hydrogen-bond acceptors (Lipinski definition) is 6. The average Bonchev–Trinajstić information content (AvgIpc) is 2.95. The number of aryl methyl sites for hydroxylation is 1. The molecule has 0 spiro atoms. The van der Waals surface area contributed by atoms with Gasteiger partial charge in [-0.25, -0.2) is 9.18 Å². The number of hydrogen-bond donors (Lipinski definition) is 1. The van der Waals surface area contributed by atoms with Crippen molar-refractivity contribution in [3.05, 3.63) is 69.9 Å². The van der Waals surface area contributed by atoms with E-state index in [1.54, 1.807) is 43.3 Å². The van der Waals surface area contributed by atoms with E-state index in [2.05, 4.69) is 10.1 Å². The molecule has 2 aromatic rings. The van der Waals surface area contributed by atoms with Crippen LogP contribution in [0.1, 0.15) is 21.5 Å². The van der Waals surface area contributed by atoms with Gasteiger partial charge in [0.25, 0.3) is 11.1 Å². The molecule has 0 unspecified atom stereocenters. The lowest BCUT2D eigenvalue weighted by molar-refractivity contribution is -0.122. The van der Waals surface area contributed by atoms with Gasteiger partial charge in [0.05, 0.1) is 24.2 Å². The molecule has 2 amide bonds. The maximum absolute atomic E-state index is 13.4. The van der Waals surface area contributed by atoms with Crippen LogP contribution in [0, 0.1) is 12.7 Å². The first-order valence-corrected chi connectivity index (χ1v) is 9.14. The zero-order chi connectivity index (χ0) is 20.3. The molecule has 0 aliphatic carbocycles. The fourth-order valence-electron chi connectivity index (χ4n) is 2.57. The summed E-state index contributed by atoms with van der Waals surface area (Å²) in [6.07, 6.45) is 1.58. The van der Waals surface area contributed by atoms with Gasteiger partial charge in [0, 0.05) is 5.69 Å². The summed E-state index contributed by atoms with van der Waals surface area (Å²) in [6.45, 7) is 1.74. The summed E-state index contributed by atoms with van der Waals surface area (Å²) in [6, 6.07) is 10.8. The highest BCUT2D eigenvalue weighted by molar-refractivity contribution is 8.18. The van der Waals surface area contributed by atoms with E-state index in [-0.39, 0.29) is 11.6 Å². The number of benzene rings is 2. The van der Waals surface area contributed by atoms with Crippen molar-refractivity contribution in [2.75, 3.05) is 19.1 Å². The zero-order valence-corrected chi connectivity index (χ0v) is 16.0. The highest BCUT2D eigenvalue weighted by Crippen LogP contribution is 2.32. The molecular weight excluding hydrogens is 383 g/mol. The van der Waals surface area contributed by atoms with Crippen molar-refractivity contribution in [2.24, 2.45) is 0 Å². The highest BCUT2D eigenvalue weighted by atomic mass is 32.2. The van der Waals surface area contributed by atoms with Gasteiger partial charge in [0.2, 0.25) is 0 Å². The third-order valence-corrected chi connectivity index (χ3v) is 5.04. The van der Waals surface area contributed by atoms with Crippen molar-refractivity contribution < 1.29 is 23.5 Å². The molecule has 0 aromatic heterocycles. The predicted molar refractivity (Wildman–Crippen MR) is 105 cm³/mol. The smallest absolute Gasteiger partial charge is 0.337 e. The van der Waals surface area contributed by atoms with Gasteiger partial charge < -0.3 is 10.1 Å². The number of amides is 2. The second-order valence-electron chi connectivity index (χ2n) is 6.02. The van der Waals surface area contributed by atoms with Gasteiger partial charge in [-0.3, -0.25) is 14.5 Å². The van der Waals surface area contributed by atoms with E-state index in [1.165, 1.54) is 19.2 Å². The summed E-state index contributed by atoms with van der Waals surface area (Å²) >= 11 is 0.827. The topological polar surface area (TPSA) is 75.7 Å². The summed E-state index contributed by atoms with van der Waals surface area (Å²) in [4.78, 5) is 37.5. The van der Waals surface area contributed by atoms with Gasteiger partial charge in [-0.05, 0) is 60.2 Å². The number of esters is 1. The molecule has 3 rings (SSSR count). The molecule has 0 bridgehead atoms. The molecule has 8 heteroatoms. The van der Waals surface area contributed by atoms with Crippen LogP contribution in [0.3, 0.4) is 0 Å². The first-order valence-electron chi connectivity index (χ1n) is 8.33. The molecule has 1 N–H and O–H groups in total. The average molecular weight is 400 g/mol. The van der Waals surface area contributed by atoms with Gasteiger partial charge in [-0.15, -0.1) is 0 Å². The minimum absolute atomic E-state index is 0.0619. The summed E-state index contributed by atoms with van der Waals surface area (Å²) in [5, 5.41) is 2.51. The maximum atomic E-state index is 13.4. The van der Waals surface area contributed by atoms with E-state index in [9.17, 15) is 18.8 Å². The van der Waals surface area contributed by atoms with Crippen molar-refractivity contribution in [3.8, 4) is 0 Å². The van der Waals surface area contributed by atoms with Crippen molar-refractivity contribution in [1.29, 1.82) is 0 Å². The van der Waals surface area contributed by atoms with Gasteiger partial charge in [0.15, 0.2) is 0 Å². The number of ether oxygens (including phenoxy) is 1. The Morgan fingerprint density at radius 1 is 1.21 bits per heavy atom. The van der Waals surface area contributed by atoms with Crippen LogP contribution in [-0.2, 0) is 9.53 Å². The Balaban J connectivity index is 1.71. The molecule has 1 aliphatic rings. The Morgan fingerprint density at radius 3 is 2.61 bits per heavy atom. The minimum Gasteiger partial charge on any atom is -0.465 e. The van der Waals surface area contributed by atoms with E-state index in [4.69, 9.17) is 0 Å². The predicted octanol–water partition coefficient (Wildman–Crippen LogP) is 4.03. The quantitative estimate of drug-likeness (QED) is 0.603. The Hall–Kier alpha value is -3.13. The molecule has 28 heavy (non-hydrogen) atoms. The Bertz CT molecular complexity index is 973. The van der Waals surface area contributed by atoms with Gasteiger partial charge >= 0.3 is 5.97 Å². The van der Waals surface area contributed by atoms with Crippen LogP contribution in [0.25, 0.3) is 6.08 Å². The molecule has 1 fully saturated rings. The first kappa shape index (κ1) is 19.6. The standard InChI is InChI=1S/C20H17FN2O4S/c1-12-3-8-15(21)10-16(12)22-11-23-18(24)17(28-20(23)26)9-13-4-6-14(7-5-13)19(25)27-2/h3-10,22H,11H2,1-2H3. The first-order chi connectivity index (χ1) is 13.4. The fourth-order valence-corrected chi connectivity index (χ4v) is 3.41. The van der Waals surface area contributed by atoms with Gasteiger partial charge in [0.1, 0.15) is 5.82 Å². The number of nitrogens with zero attached hydrogens (tertiary/aromatic N) is 1. The maximum Gasteiger partial charge on any atom is 0.337 e. The second-order valence-corrected chi connectivity index (χ2v) is 7.01. The minimum atomic E-state index is -0.453. The van der Waals surface area contributed by atoms with Gasteiger partial charge in [-0.2, -0.15) is 0 Å². The largest absolute Gasteiger partial charge is 0.465 e. The number of carbonyl (C=O) groups excluding carboxylic acids is 3. The second kappa shape index (κ2) is 8.26. The lowest BCUT2D eigenvalue weighted by atomic mass is 10.1.